The Balaban J connectivity index is 0.000000177. The molecule has 242 valence electrons. The van der Waals surface area contributed by atoms with E-state index in [9.17, 15) is 14.7 Å². The predicted octanol–water partition coefficient (Wildman–Crippen LogP) is 9.82. The first-order valence-corrected chi connectivity index (χ1v) is 16.8. The molecule has 1 aliphatic carbocycles. The Bertz CT molecular complexity index is 2070. The summed E-state index contributed by atoms with van der Waals surface area (Å²) in [5.74, 6) is -0.315. The van der Waals surface area contributed by atoms with Crippen LogP contribution in [0.5, 0.6) is 0 Å². The standard InChI is InChI=1S/C25H28N2O.C17H13NO2/c1-17-23(25(28)26-18(2)19-11-5-3-6-12-19)21-15-9-10-16-22(21)27-24(17)20-13-7-4-8-14-20;1-11-15(17(19)20)13-9-5-6-10-14(13)18-16(11)12-7-3-2-4-8-12/h4,7-10,13-16,18-19H,3,5-6,11-12H2,1-2H3,(H,26,28);2-10H,1H3,(H,19,20)/t18-;/m0./s1. The molecule has 0 bridgehead atoms. The number of carbonyl (C=O) groups excluding carboxylic acids is 1. The second-order valence-corrected chi connectivity index (χ2v) is 12.7. The minimum absolute atomic E-state index is 0.0198. The Morgan fingerprint density at radius 1 is 0.646 bits per heavy atom. The molecule has 4 aromatic carbocycles. The molecule has 6 nitrogen and oxygen atoms in total. The van der Waals surface area contributed by atoms with Gasteiger partial charge in [-0.1, -0.05) is 116 Å². The van der Waals surface area contributed by atoms with Crippen LogP contribution in [-0.2, 0) is 0 Å². The average molecular weight is 636 g/mol. The Hall–Kier alpha value is -5.36. The Kier molecular flexibility index (Phi) is 9.91. The Morgan fingerprint density at radius 3 is 1.58 bits per heavy atom. The van der Waals surface area contributed by atoms with Crippen molar-refractivity contribution >= 4 is 33.7 Å². The van der Waals surface area contributed by atoms with Gasteiger partial charge in [0.25, 0.3) is 5.91 Å². The molecular formula is C42H41N3O3. The summed E-state index contributed by atoms with van der Waals surface area (Å²) in [6, 6.07) is 35.3. The van der Waals surface area contributed by atoms with Crippen molar-refractivity contribution in [3.8, 4) is 22.5 Å². The molecule has 0 saturated heterocycles. The molecular weight excluding hydrogens is 594 g/mol. The van der Waals surface area contributed by atoms with E-state index in [1.54, 1.807) is 6.07 Å². The molecule has 0 radical (unpaired) electrons. The lowest BCUT2D eigenvalue weighted by Crippen LogP contribution is -2.39. The zero-order valence-corrected chi connectivity index (χ0v) is 27.7. The summed E-state index contributed by atoms with van der Waals surface area (Å²) in [4.78, 5) is 34.5. The van der Waals surface area contributed by atoms with E-state index in [0.717, 1.165) is 44.5 Å². The number of aromatic carboxylic acids is 1. The zero-order chi connectivity index (χ0) is 33.6. The van der Waals surface area contributed by atoms with E-state index in [2.05, 4.69) is 29.4 Å². The second-order valence-electron chi connectivity index (χ2n) is 12.7. The number of hydrogen-bond donors (Lipinski definition) is 2. The molecule has 1 fully saturated rings. The van der Waals surface area contributed by atoms with E-state index < -0.39 is 5.97 Å². The number of carbonyl (C=O) groups is 2. The Morgan fingerprint density at radius 2 is 1.08 bits per heavy atom. The molecule has 2 N–H and O–H groups in total. The van der Waals surface area contributed by atoms with Gasteiger partial charge < -0.3 is 10.4 Å². The van der Waals surface area contributed by atoms with Crippen LogP contribution in [0.3, 0.4) is 0 Å². The van der Waals surface area contributed by atoms with Gasteiger partial charge in [0.05, 0.1) is 33.5 Å². The smallest absolute Gasteiger partial charge is 0.336 e. The van der Waals surface area contributed by atoms with Gasteiger partial charge in [0.2, 0.25) is 0 Å². The van der Waals surface area contributed by atoms with Crippen LogP contribution in [0.4, 0.5) is 0 Å². The predicted molar refractivity (Wildman–Crippen MR) is 194 cm³/mol. The maximum Gasteiger partial charge on any atom is 0.336 e. The SMILES string of the molecule is Cc1c(-c2ccccc2)nc2ccccc2c1C(=O)N[C@@H](C)C1CCCCC1.Cc1c(-c2ccccc2)nc2ccccc2c1C(=O)O. The van der Waals surface area contributed by atoms with E-state index in [0.29, 0.717) is 27.9 Å². The molecule has 1 saturated carbocycles. The normalized spacial score (nSPS) is 13.8. The summed E-state index contributed by atoms with van der Waals surface area (Å²) in [7, 11) is 0. The molecule has 2 aromatic heterocycles. The number of rotatable bonds is 6. The zero-order valence-electron chi connectivity index (χ0n) is 27.7. The average Bonchev–Trinajstić information content (AvgIpc) is 3.12. The summed E-state index contributed by atoms with van der Waals surface area (Å²) < 4.78 is 0. The second kappa shape index (κ2) is 14.6. The monoisotopic (exact) mass is 635 g/mol. The fraction of sp³-hybridized carbons (Fsp3) is 0.238. The van der Waals surface area contributed by atoms with Gasteiger partial charge >= 0.3 is 5.97 Å². The lowest BCUT2D eigenvalue weighted by atomic mass is 9.84. The van der Waals surface area contributed by atoms with Crippen LogP contribution < -0.4 is 5.32 Å². The number of nitrogens with one attached hydrogen (secondary N) is 1. The summed E-state index contributed by atoms with van der Waals surface area (Å²) in [5, 5.41) is 14.4. The molecule has 0 spiro atoms. The number of para-hydroxylation sites is 2. The number of pyridine rings is 2. The maximum atomic E-state index is 13.4. The lowest BCUT2D eigenvalue weighted by molar-refractivity contribution is 0.0698. The molecule has 6 heteroatoms. The minimum atomic E-state index is -0.918. The first-order chi connectivity index (χ1) is 23.3. The van der Waals surface area contributed by atoms with Crippen LogP contribution in [0.1, 0.15) is 70.9 Å². The summed E-state index contributed by atoms with van der Waals surface area (Å²) in [5.41, 5.74) is 7.87. The fourth-order valence-corrected chi connectivity index (χ4v) is 6.97. The van der Waals surface area contributed by atoms with Crippen LogP contribution in [0.2, 0.25) is 0 Å². The van der Waals surface area contributed by atoms with Crippen molar-refractivity contribution in [2.24, 2.45) is 5.92 Å². The molecule has 7 rings (SSSR count). The summed E-state index contributed by atoms with van der Waals surface area (Å²) >= 11 is 0. The van der Waals surface area contributed by atoms with Crippen LogP contribution in [0, 0.1) is 19.8 Å². The lowest BCUT2D eigenvalue weighted by Gasteiger charge is -2.28. The third kappa shape index (κ3) is 6.84. The highest BCUT2D eigenvalue weighted by atomic mass is 16.4. The van der Waals surface area contributed by atoms with E-state index in [4.69, 9.17) is 4.98 Å². The minimum Gasteiger partial charge on any atom is -0.478 e. The molecule has 1 atom stereocenters. The number of fused-ring (bicyclic) bond motifs is 2. The van der Waals surface area contributed by atoms with Crippen molar-refractivity contribution in [1.29, 1.82) is 0 Å². The van der Waals surface area contributed by atoms with Crippen molar-refractivity contribution < 1.29 is 14.7 Å². The molecule has 1 aliphatic rings. The number of nitrogens with zero attached hydrogens (tertiary/aromatic N) is 2. The van der Waals surface area contributed by atoms with Crippen molar-refractivity contribution in [2.75, 3.05) is 0 Å². The van der Waals surface area contributed by atoms with Gasteiger partial charge in [-0.25, -0.2) is 14.8 Å². The molecule has 2 heterocycles. The quantitative estimate of drug-likeness (QED) is 0.190. The van der Waals surface area contributed by atoms with Gasteiger partial charge in [-0.3, -0.25) is 4.79 Å². The van der Waals surface area contributed by atoms with Gasteiger partial charge in [0.15, 0.2) is 0 Å². The molecule has 6 aromatic rings. The van der Waals surface area contributed by atoms with Crippen molar-refractivity contribution in [3.05, 3.63) is 131 Å². The third-order valence-electron chi connectivity index (χ3n) is 9.52. The van der Waals surface area contributed by atoms with Gasteiger partial charge in [0.1, 0.15) is 0 Å². The number of hydrogen-bond acceptors (Lipinski definition) is 4. The highest BCUT2D eigenvalue weighted by molar-refractivity contribution is 6.09. The highest BCUT2D eigenvalue weighted by Gasteiger charge is 2.25. The summed E-state index contributed by atoms with van der Waals surface area (Å²) in [6.07, 6.45) is 6.31. The van der Waals surface area contributed by atoms with Crippen LogP contribution in [0.15, 0.2) is 109 Å². The van der Waals surface area contributed by atoms with Gasteiger partial charge in [-0.15, -0.1) is 0 Å². The Labute approximate surface area is 281 Å². The van der Waals surface area contributed by atoms with Crippen LogP contribution in [0.25, 0.3) is 44.3 Å². The van der Waals surface area contributed by atoms with E-state index >= 15 is 0 Å². The van der Waals surface area contributed by atoms with Crippen molar-refractivity contribution in [1.82, 2.24) is 15.3 Å². The van der Waals surface area contributed by atoms with Crippen LogP contribution in [-0.4, -0.2) is 33.0 Å². The largest absolute Gasteiger partial charge is 0.478 e. The maximum absolute atomic E-state index is 13.4. The van der Waals surface area contributed by atoms with Crippen molar-refractivity contribution in [2.45, 2.75) is 58.9 Å². The number of amides is 1. The fourth-order valence-electron chi connectivity index (χ4n) is 6.97. The number of aromatic nitrogens is 2. The van der Waals surface area contributed by atoms with Crippen LogP contribution >= 0.6 is 0 Å². The molecule has 1 amide bonds. The molecule has 0 aliphatic heterocycles. The number of carboxylic acid groups (broad SMARTS) is 1. The molecule has 0 unspecified atom stereocenters. The summed E-state index contributed by atoms with van der Waals surface area (Å²) in [6.45, 7) is 5.98. The van der Waals surface area contributed by atoms with E-state index in [1.807, 2.05) is 105 Å². The first-order valence-electron chi connectivity index (χ1n) is 16.8. The van der Waals surface area contributed by atoms with Crippen molar-refractivity contribution in [3.63, 3.8) is 0 Å². The molecule has 48 heavy (non-hydrogen) atoms. The third-order valence-corrected chi connectivity index (χ3v) is 9.52. The number of carboxylic acids is 1. The van der Waals surface area contributed by atoms with Gasteiger partial charge in [-0.05, 0) is 62.8 Å². The van der Waals surface area contributed by atoms with Gasteiger partial charge in [-0.2, -0.15) is 0 Å². The topological polar surface area (TPSA) is 92.2 Å². The highest BCUT2D eigenvalue weighted by Crippen LogP contribution is 2.32. The first kappa shape index (κ1) is 32.6. The number of benzene rings is 4. The van der Waals surface area contributed by atoms with E-state index in [1.165, 1.54) is 32.1 Å². The van der Waals surface area contributed by atoms with Gasteiger partial charge in [0, 0.05) is 27.9 Å². The van der Waals surface area contributed by atoms with E-state index in [-0.39, 0.29) is 11.9 Å².